The third-order valence-corrected chi connectivity index (χ3v) is 5.08. The molecular weight excluding hydrogens is 373 g/mol. The molecule has 0 saturated carbocycles. The van der Waals surface area contributed by atoms with E-state index < -0.39 is 17.6 Å². The molecule has 6 nitrogen and oxygen atoms in total. The summed E-state index contributed by atoms with van der Waals surface area (Å²) in [6.07, 6.45) is 0.179. The predicted molar refractivity (Wildman–Crippen MR) is 106 cm³/mol. The molecule has 1 fully saturated rings. The molecule has 0 radical (unpaired) electrons. The SMILES string of the molecule is CC(c1ccccc1)N1CC(C(=O)NCCNC(=O)c2cccc(F)c2)CC1=O. The number of rotatable bonds is 7. The Kier molecular flexibility index (Phi) is 6.59. The van der Waals surface area contributed by atoms with Gasteiger partial charge in [0.2, 0.25) is 11.8 Å². The molecule has 7 heteroatoms. The first-order valence-corrected chi connectivity index (χ1v) is 9.61. The summed E-state index contributed by atoms with van der Waals surface area (Å²) in [7, 11) is 0. The van der Waals surface area contributed by atoms with E-state index in [1.807, 2.05) is 37.3 Å². The van der Waals surface area contributed by atoms with Gasteiger partial charge in [-0.2, -0.15) is 0 Å². The van der Waals surface area contributed by atoms with E-state index in [1.54, 1.807) is 4.90 Å². The molecule has 2 atom stereocenters. The minimum Gasteiger partial charge on any atom is -0.354 e. The van der Waals surface area contributed by atoms with Crippen LogP contribution in [0, 0.1) is 11.7 Å². The zero-order valence-corrected chi connectivity index (χ0v) is 16.2. The number of nitrogens with one attached hydrogen (secondary N) is 2. The Labute approximate surface area is 169 Å². The molecule has 3 amide bonds. The van der Waals surface area contributed by atoms with E-state index in [1.165, 1.54) is 18.2 Å². The lowest BCUT2D eigenvalue weighted by molar-refractivity contribution is -0.130. The largest absolute Gasteiger partial charge is 0.354 e. The fourth-order valence-corrected chi connectivity index (χ4v) is 3.43. The van der Waals surface area contributed by atoms with Crippen LogP contribution in [0.25, 0.3) is 0 Å². The highest BCUT2D eigenvalue weighted by Gasteiger charge is 2.36. The van der Waals surface area contributed by atoms with Crippen LogP contribution < -0.4 is 10.6 Å². The second-order valence-electron chi connectivity index (χ2n) is 7.09. The fourth-order valence-electron chi connectivity index (χ4n) is 3.43. The van der Waals surface area contributed by atoms with Gasteiger partial charge >= 0.3 is 0 Å². The third kappa shape index (κ3) is 5.19. The Hall–Kier alpha value is -3.22. The summed E-state index contributed by atoms with van der Waals surface area (Å²) >= 11 is 0. The van der Waals surface area contributed by atoms with Crippen LogP contribution in [-0.2, 0) is 9.59 Å². The average molecular weight is 397 g/mol. The van der Waals surface area contributed by atoms with E-state index in [4.69, 9.17) is 0 Å². The lowest BCUT2D eigenvalue weighted by Crippen LogP contribution is -2.38. The molecule has 0 bridgehead atoms. The van der Waals surface area contributed by atoms with Crippen molar-refractivity contribution in [2.45, 2.75) is 19.4 Å². The molecular formula is C22H24FN3O3. The number of hydrogen-bond donors (Lipinski definition) is 2. The number of nitrogens with zero attached hydrogens (tertiary/aromatic N) is 1. The predicted octanol–water partition coefficient (Wildman–Crippen LogP) is 2.28. The van der Waals surface area contributed by atoms with Gasteiger partial charge in [0.25, 0.3) is 5.91 Å². The summed E-state index contributed by atoms with van der Waals surface area (Å²) in [5.41, 5.74) is 1.25. The van der Waals surface area contributed by atoms with Gasteiger partial charge in [0.05, 0.1) is 12.0 Å². The summed E-state index contributed by atoms with van der Waals surface area (Å²) < 4.78 is 13.2. The van der Waals surface area contributed by atoms with Crippen LogP contribution in [0.15, 0.2) is 54.6 Å². The number of hydrogen-bond acceptors (Lipinski definition) is 3. The molecule has 1 aliphatic heterocycles. The van der Waals surface area contributed by atoms with E-state index in [2.05, 4.69) is 10.6 Å². The zero-order valence-electron chi connectivity index (χ0n) is 16.2. The summed E-state index contributed by atoms with van der Waals surface area (Å²) in [6.45, 7) is 2.77. The molecule has 2 unspecified atom stereocenters. The summed E-state index contributed by atoms with van der Waals surface area (Å²) in [6, 6.07) is 15.0. The van der Waals surface area contributed by atoms with Crippen molar-refractivity contribution in [2.24, 2.45) is 5.92 Å². The van der Waals surface area contributed by atoms with Crippen molar-refractivity contribution in [3.63, 3.8) is 0 Å². The van der Waals surface area contributed by atoms with Gasteiger partial charge in [-0.05, 0) is 30.7 Å². The van der Waals surface area contributed by atoms with Crippen LogP contribution in [0.3, 0.4) is 0 Å². The van der Waals surface area contributed by atoms with Crippen molar-refractivity contribution in [1.82, 2.24) is 15.5 Å². The van der Waals surface area contributed by atoms with Gasteiger partial charge in [-0.3, -0.25) is 14.4 Å². The molecule has 1 aliphatic rings. The van der Waals surface area contributed by atoms with Crippen LogP contribution in [0.1, 0.15) is 35.3 Å². The minimum atomic E-state index is -0.480. The minimum absolute atomic E-state index is 0.0408. The Morgan fingerprint density at radius 3 is 2.55 bits per heavy atom. The van der Waals surface area contributed by atoms with Gasteiger partial charge in [-0.1, -0.05) is 36.4 Å². The van der Waals surface area contributed by atoms with Gasteiger partial charge in [0, 0.05) is 31.6 Å². The van der Waals surface area contributed by atoms with Crippen molar-refractivity contribution in [1.29, 1.82) is 0 Å². The first-order chi connectivity index (χ1) is 14.0. The maximum atomic E-state index is 13.2. The normalized spacial score (nSPS) is 17.1. The Morgan fingerprint density at radius 2 is 1.83 bits per heavy atom. The van der Waals surface area contributed by atoms with Crippen molar-refractivity contribution < 1.29 is 18.8 Å². The van der Waals surface area contributed by atoms with Gasteiger partial charge in [0.1, 0.15) is 5.82 Å². The van der Waals surface area contributed by atoms with Crippen molar-refractivity contribution in [2.75, 3.05) is 19.6 Å². The van der Waals surface area contributed by atoms with Crippen LogP contribution >= 0.6 is 0 Å². The third-order valence-electron chi connectivity index (χ3n) is 5.08. The van der Waals surface area contributed by atoms with Gasteiger partial charge in [-0.15, -0.1) is 0 Å². The monoisotopic (exact) mass is 397 g/mol. The van der Waals surface area contributed by atoms with Gasteiger partial charge in [0.15, 0.2) is 0 Å². The highest BCUT2D eigenvalue weighted by Crippen LogP contribution is 2.28. The van der Waals surface area contributed by atoms with E-state index in [-0.39, 0.29) is 42.9 Å². The summed E-state index contributed by atoms with van der Waals surface area (Å²) in [5, 5.41) is 5.39. The highest BCUT2D eigenvalue weighted by atomic mass is 19.1. The lowest BCUT2D eigenvalue weighted by Gasteiger charge is -2.25. The number of halogens is 1. The smallest absolute Gasteiger partial charge is 0.251 e. The molecule has 0 aromatic heterocycles. The second kappa shape index (κ2) is 9.32. The maximum absolute atomic E-state index is 13.2. The molecule has 2 N–H and O–H groups in total. The fraction of sp³-hybridized carbons (Fsp3) is 0.318. The Balaban J connectivity index is 1.44. The van der Waals surface area contributed by atoms with Gasteiger partial charge in [-0.25, -0.2) is 4.39 Å². The van der Waals surface area contributed by atoms with Crippen LogP contribution in [0.2, 0.25) is 0 Å². The van der Waals surface area contributed by atoms with E-state index in [9.17, 15) is 18.8 Å². The molecule has 0 spiro atoms. The molecule has 1 heterocycles. The van der Waals surface area contributed by atoms with Crippen LogP contribution in [0.5, 0.6) is 0 Å². The molecule has 2 aromatic carbocycles. The number of amides is 3. The van der Waals surface area contributed by atoms with Crippen molar-refractivity contribution in [3.05, 3.63) is 71.5 Å². The molecule has 3 rings (SSSR count). The van der Waals surface area contributed by atoms with Gasteiger partial charge < -0.3 is 15.5 Å². The number of carbonyl (C=O) groups is 3. The first-order valence-electron chi connectivity index (χ1n) is 9.61. The Morgan fingerprint density at radius 1 is 1.10 bits per heavy atom. The van der Waals surface area contributed by atoms with E-state index in [0.717, 1.165) is 11.6 Å². The van der Waals surface area contributed by atoms with Crippen LogP contribution in [0.4, 0.5) is 4.39 Å². The maximum Gasteiger partial charge on any atom is 0.251 e. The topological polar surface area (TPSA) is 78.5 Å². The Bertz CT molecular complexity index is 888. The zero-order chi connectivity index (χ0) is 20.8. The highest BCUT2D eigenvalue weighted by molar-refractivity contribution is 5.94. The van der Waals surface area contributed by atoms with Crippen molar-refractivity contribution in [3.8, 4) is 0 Å². The molecule has 152 valence electrons. The van der Waals surface area contributed by atoms with E-state index in [0.29, 0.717) is 6.54 Å². The average Bonchev–Trinajstić information content (AvgIpc) is 3.12. The number of benzene rings is 2. The quantitative estimate of drug-likeness (QED) is 0.704. The molecule has 29 heavy (non-hydrogen) atoms. The molecule has 0 aliphatic carbocycles. The first kappa shape index (κ1) is 20.5. The summed E-state index contributed by atoms with van der Waals surface area (Å²) in [5.74, 6) is -1.54. The van der Waals surface area contributed by atoms with Crippen molar-refractivity contribution >= 4 is 17.7 Å². The lowest BCUT2D eigenvalue weighted by atomic mass is 10.1. The summed E-state index contributed by atoms with van der Waals surface area (Å²) in [4.78, 5) is 38.4. The second-order valence-corrected chi connectivity index (χ2v) is 7.09. The number of likely N-dealkylation sites (tertiary alicyclic amines) is 1. The van der Waals surface area contributed by atoms with E-state index >= 15 is 0 Å². The van der Waals surface area contributed by atoms with Crippen LogP contribution in [-0.4, -0.2) is 42.3 Å². The standard InChI is InChI=1S/C22H24FN3O3/c1-15(16-6-3-2-4-7-16)26-14-18(13-20(26)27)22(29)25-11-10-24-21(28)17-8-5-9-19(23)12-17/h2-9,12,15,18H,10-11,13-14H2,1H3,(H,24,28)(H,25,29). The number of carbonyl (C=O) groups excluding carboxylic acids is 3. The molecule has 1 saturated heterocycles. The molecule has 2 aromatic rings.